The maximum absolute atomic E-state index is 5.36. The van der Waals surface area contributed by atoms with Crippen LogP contribution in [-0.2, 0) is 0 Å². The Morgan fingerprint density at radius 2 is 1.02 bits per heavy atom. The Morgan fingerprint density at radius 3 is 1.79 bits per heavy atom. The molecule has 0 aliphatic carbocycles. The number of benzene rings is 7. The van der Waals surface area contributed by atoms with E-state index in [9.17, 15) is 0 Å². The molecule has 3 aromatic heterocycles. The first kappa shape index (κ1) is 30.6. The maximum atomic E-state index is 5.36. The van der Waals surface area contributed by atoms with Gasteiger partial charge in [-0.2, -0.15) is 0 Å². The highest BCUT2D eigenvalue weighted by Gasteiger charge is 2.18. The number of pyridine rings is 1. The highest BCUT2D eigenvalue weighted by atomic mass is 14.9. The highest BCUT2D eigenvalue weighted by molar-refractivity contribution is 6.04. The number of H-pyrrole nitrogens is 1. The maximum Gasteiger partial charge on any atom is 0.160 e. The molecule has 0 saturated carbocycles. The van der Waals surface area contributed by atoms with Gasteiger partial charge in [0.1, 0.15) is 0 Å². The van der Waals surface area contributed by atoms with Crippen molar-refractivity contribution in [2.75, 3.05) is 0 Å². The molecular weight excluding hydrogens is 645 g/mol. The molecule has 4 nitrogen and oxygen atoms in total. The van der Waals surface area contributed by atoms with E-state index in [2.05, 4.69) is 175 Å². The van der Waals surface area contributed by atoms with Crippen molar-refractivity contribution in [2.24, 2.45) is 0 Å². The molecule has 10 rings (SSSR count). The summed E-state index contributed by atoms with van der Waals surface area (Å²) in [6, 6.07) is 63.8. The highest BCUT2D eigenvalue weighted by Crippen LogP contribution is 2.39. The fourth-order valence-corrected chi connectivity index (χ4v) is 7.29. The number of hydrogen-bond donors (Lipinski definition) is 1. The van der Waals surface area contributed by atoms with Gasteiger partial charge in [-0.3, -0.25) is 4.98 Å². The molecule has 0 radical (unpaired) electrons. The summed E-state index contributed by atoms with van der Waals surface area (Å²) in [5.74, 6) is 0.683. The quantitative estimate of drug-likeness (QED) is 0.191. The molecule has 0 unspecified atom stereocenters. The van der Waals surface area contributed by atoms with Crippen molar-refractivity contribution in [2.45, 2.75) is 0 Å². The number of nitrogens with zero attached hydrogens (tertiary/aromatic N) is 3. The lowest BCUT2D eigenvalue weighted by Crippen LogP contribution is -1.98. The van der Waals surface area contributed by atoms with E-state index in [0.717, 1.165) is 88.8 Å². The van der Waals surface area contributed by atoms with Crippen LogP contribution in [0.4, 0.5) is 0 Å². The van der Waals surface area contributed by atoms with Gasteiger partial charge < -0.3 is 4.98 Å². The summed E-state index contributed by atoms with van der Waals surface area (Å²) in [6.45, 7) is 0. The molecule has 0 fully saturated rings. The standard InChI is InChI=1S/C49H32N4/c1-3-11-32(12-4-1)40-28-42(34-13-5-2-6-14-34)48-43(29-40)47(36-23-19-33(20-24-36)41-27-38-15-7-9-17-44(38)50-31-41)52-49(53-48)37-25-21-35(22-26-37)46-30-39-16-8-10-18-45(39)51-46/h1-31,51H. The summed E-state index contributed by atoms with van der Waals surface area (Å²) < 4.78 is 0. The molecule has 248 valence electrons. The van der Waals surface area contributed by atoms with Gasteiger partial charge in [0.2, 0.25) is 0 Å². The molecule has 7 aromatic carbocycles. The molecule has 0 bridgehead atoms. The van der Waals surface area contributed by atoms with Crippen molar-refractivity contribution in [3.05, 3.63) is 188 Å². The van der Waals surface area contributed by atoms with Crippen LogP contribution in [0.15, 0.2) is 188 Å². The lowest BCUT2D eigenvalue weighted by Gasteiger charge is -2.16. The van der Waals surface area contributed by atoms with E-state index < -0.39 is 0 Å². The SMILES string of the molecule is c1ccc(-c2cc(-c3ccccc3)c3nc(-c4ccc(-c5cc6ccccc6[nH]5)cc4)nc(-c4ccc(-c5cnc6ccccc6c5)cc4)c3c2)cc1. The number of nitrogens with one attached hydrogen (secondary N) is 1. The van der Waals surface area contributed by atoms with Gasteiger partial charge in [-0.1, -0.05) is 146 Å². The summed E-state index contributed by atoms with van der Waals surface area (Å²) >= 11 is 0. The predicted molar refractivity (Wildman–Crippen MR) is 219 cm³/mol. The Morgan fingerprint density at radius 1 is 0.396 bits per heavy atom. The summed E-state index contributed by atoms with van der Waals surface area (Å²) in [7, 11) is 0. The lowest BCUT2D eigenvalue weighted by atomic mass is 9.93. The van der Waals surface area contributed by atoms with Crippen LogP contribution in [0.5, 0.6) is 0 Å². The van der Waals surface area contributed by atoms with Gasteiger partial charge in [-0.05, 0) is 64.2 Å². The fourth-order valence-electron chi connectivity index (χ4n) is 7.29. The number of para-hydroxylation sites is 2. The lowest BCUT2D eigenvalue weighted by molar-refractivity contribution is 1.23. The van der Waals surface area contributed by atoms with Crippen LogP contribution in [0.25, 0.3) is 100.0 Å². The largest absolute Gasteiger partial charge is 0.355 e. The van der Waals surface area contributed by atoms with E-state index in [1.165, 1.54) is 5.39 Å². The zero-order chi connectivity index (χ0) is 35.1. The van der Waals surface area contributed by atoms with Gasteiger partial charge in [0.05, 0.1) is 16.7 Å². The first-order chi connectivity index (χ1) is 26.2. The average Bonchev–Trinajstić information content (AvgIpc) is 3.68. The first-order valence-electron chi connectivity index (χ1n) is 17.8. The molecule has 3 heterocycles. The van der Waals surface area contributed by atoms with Crippen molar-refractivity contribution < 1.29 is 0 Å². The third-order valence-electron chi connectivity index (χ3n) is 10.1. The number of rotatable bonds is 6. The number of hydrogen-bond acceptors (Lipinski definition) is 3. The van der Waals surface area contributed by atoms with Gasteiger partial charge in [0, 0.05) is 55.8 Å². The van der Waals surface area contributed by atoms with E-state index in [0.29, 0.717) is 5.82 Å². The molecule has 10 aromatic rings. The zero-order valence-electron chi connectivity index (χ0n) is 28.7. The summed E-state index contributed by atoms with van der Waals surface area (Å²) in [6.07, 6.45) is 1.95. The van der Waals surface area contributed by atoms with E-state index in [4.69, 9.17) is 15.0 Å². The minimum Gasteiger partial charge on any atom is -0.355 e. The van der Waals surface area contributed by atoms with Crippen LogP contribution in [-0.4, -0.2) is 19.9 Å². The third-order valence-corrected chi connectivity index (χ3v) is 10.1. The molecular formula is C49H32N4. The molecule has 4 heteroatoms. The number of aromatic nitrogens is 4. The van der Waals surface area contributed by atoms with Gasteiger partial charge in [0.25, 0.3) is 0 Å². The van der Waals surface area contributed by atoms with E-state index in [-0.39, 0.29) is 0 Å². The Kier molecular flexibility index (Phi) is 7.43. The fraction of sp³-hybridized carbons (Fsp3) is 0. The Bertz CT molecular complexity index is 2880. The van der Waals surface area contributed by atoms with E-state index in [1.807, 2.05) is 18.3 Å². The first-order valence-corrected chi connectivity index (χ1v) is 17.8. The topological polar surface area (TPSA) is 54.5 Å². The van der Waals surface area contributed by atoms with Gasteiger partial charge in [0.15, 0.2) is 5.82 Å². The average molecular weight is 677 g/mol. The second-order valence-electron chi connectivity index (χ2n) is 13.4. The summed E-state index contributed by atoms with van der Waals surface area (Å²) in [4.78, 5) is 19.0. The molecule has 0 amide bonds. The molecule has 0 saturated heterocycles. The summed E-state index contributed by atoms with van der Waals surface area (Å²) in [5, 5.41) is 3.32. The van der Waals surface area contributed by atoms with Crippen molar-refractivity contribution in [3.8, 4) is 67.3 Å². The molecule has 0 aliphatic heterocycles. The van der Waals surface area contributed by atoms with Gasteiger partial charge in [-0.25, -0.2) is 9.97 Å². The zero-order valence-corrected chi connectivity index (χ0v) is 28.7. The van der Waals surface area contributed by atoms with Crippen LogP contribution < -0.4 is 0 Å². The molecule has 0 spiro atoms. The van der Waals surface area contributed by atoms with Crippen LogP contribution in [0, 0.1) is 0 Å². The Labute approximate surface area is 307 Å². The van der Waals surface area contributed by atoms with E-state index in [1.54, 1.807) is 0 Å². The van der Waals surface area contributed by atoms with Crippen LogP contribution in [0.3, 0.4) is 0 Å². The third kappa shape index (κ3) is 5.73. The molecule has 0 aliphatic rings. The van der Waals surface area contributed by atoms with Crippen molar-refractivity contribution >= 4 is 32.7 Å². The van der Waals surface area contributed by atoms with Crippen molar-refractivity contribution in [3.63, 3.8) is 0 Å². The van der Waals surface area contributed by atoms with E-state index >= 15 is 0 Å². The summed E-state index contributed by atoms with van der Waals surface area (Å²) in [5.41, 5.74) is 14.7. The monoisotopic (exact) mass is 676 g/mol. The Balaban J connectivity index is 1.15. The van der Waals surface area contributed by atoms with Crippen LogP contribution in [0.2, 0.25) is 0 Å². The van der Waals surface area contributed by atoms with Crippen LogP contribution >= 0.6 is 0 Å². The molecule has 0 atom stereocenters. The Hall–Kier alpha value is -7.17. The second-order valence-corrected chi connectivity index (χ2v) is 13.4. The predicted octanol–water partition coefficient (Wildman–Crippen LogP) is 12.7. The molecule has 1 N–H and O–H groups in total. The number of aromatic amines is 1. The normalized spacial score (nSPS) is 11.4. The minimum atomic E-state index is 0.683. The second kappa shape index (κ2) is 12.9. The van der Waals surface area contributed by atoms with Gasteiger partial charge >= 0.3 is 0 Å². The molecule has 53 heavy (non-hydrogen) atoms. The minimum absolute atomic E-state index is 0.683. The number of fused-ring (bicyclic) bond motifs is 3. The van der Waals surface area contributed by atoms with Crippen molar-refractivity contribution in [1.82, 2.24) is 19.9 Å². The smallest absolute Gasteiger partial charge is 0.160 e. The van der Waals surface area contributed by atoms with Crippen molar-refractivity contribution in [1.29, 1.82) is 0 Å². The van der Waals surface area contributed by atoms with Gasteiger partial charge in [-0.15, -0.1) is 0 Å². The van der Waals surface area contributed by atoms with Crippen LogP contribution in [0.1, 0.15) is 0 Å².